The van der Waals surface area contributed by atoms with Gasteiger partial charge in [-0.05, 0) is 18.6 Å². The molecule has 0 spiro atoms. The number of hydrogen-bond acceptors (Lipinski definition) is 4. The van der Waals surface area contributed by atoms with Crippen LogP contribution in [0.2, 0.25) is 0 Å². The van der Waals surface area contributed by atoms with E-state index in [2.05, 4.69) is 44.2 Å². The Kier molecular flexibility index (Phi) is 9.93. The molecule has 29 heavy (non-hydrogen) atoms. The molecule has 0 bridgehead atoms. The summed E-state index contributed by atoms with van der Waals surface area (Å²) in [4.78, 5) is 8.78. The van der Waals surface area contributed by atoms with Gasteiger partial charge in [-0.3, -0.25) is 4.99 Å². The van der Waals surface area contributed by atoms with Crippen molar-refractivity contribution >= 4 is 41.3 Å². The zero-order valence-corrected chi connectivity index (χ0v) is 19.9. The lowest BCUT2D eigenvalue weighted by Gasteiger charge is -2.15. The minimum Gasteiger partial charge on any atom is -0.489 e. The molecule has 0 saturated carbocycles. The summed E-state index contributed by atoms with van der Waals surface area (Å²) in [6.07, 6.45) is 0.877. The Morgan fingerprint density at radius 1 is 1.07 bits per heavy atom. The van der Waals surface area contributed by atoms with E-state index in [1.807, 2.05) is 43.3 Å². The number of guanidine groups is 1. The number of nitrogens with zero attached hydrogens (tertiary/aromatic N) is 2. The number of hydrogen-bond donors (Lipinski definition) is 2. The highest BCUT2D eigenvalue weighted by Crippen LogP contribution is 2.19. The molecule has 0 radical (unpaired) electrons. The molecule has 7 heteroatoms. The van der Waals surface area contributed by atoms with E-state index in [9.17, 15) is 0 Å². The van der Waals surface area contributed by atoms with Gasteiger partial charge in [0, 0.05) is 37.5 Å². The molecule has 0 aliphatic carbocycles. The number of ether oxygens (including phenoxy) is 1. The number of thiazole rings is 1. The maximum absolute atomic E-state index is 6.02. The molecule has 5 nitrogen and oxygen atoms in total. The SMILES string of the molecule is CN=C(NCCc1csc(C)n1)NCc1ccccc1OCc1ccccc1.I. The topological polar surface area (TPSA) is 58.5 Å². The van der Waals surface area contributed by atoms with E-state index in [1.54, 1.807) is 18.4 Å². The Bertz CT molecular complexity index is 899. The van der Waals surface area contributed by atoms with Crippen LogP contribution in [0.25, 0.3) is 0 Å². The van der Waals surface area contributed by atoms with E-state index < -0.39 is 0 Å². The first-order chi connectivity index (χ1) is 13.7. The Morgan fingerprint density at radius 3 is 2.55 bits per heavy atom. The summed E-state index contributed by atoms with van der Waals surface area (Å²) in [6, 6.07) is 18.3. The van der Waals surface area contributed by atoms with Crippen molar-refractivity contribution < 1.29 is 4.74 Å². The van der Waals surface area contributed by atoms with Gasteiger partial charge in [0.05, 0.1) is 10.7 Å². The Morgan fingerprint density at radius 2 is 1.83 bits per heavy atom. The van der Waals surface area contributed by atoms with Crippen LogP contribution in [0.5, 0.6) is 5.75 Å². The Balaban J connectivity index is 0.00000300. The molecule has 3 rings (SSSR count). The van der Waals surface area contributed by atoms with E-state index in [1.165, 1.54) is 0 Å². The molecule has 2 aromatic carbocycles. The van der Waals surface area contributed by atoms with Crippen molar-refractivity contribution in [1.82, 2.24) is 15.6 Å². The largest absolute Gasteiger partial charge is 0.489 e. The van der Waals surface area contributed by atoms with Crippen LogP contribution in [0.1, 0.15) is 21.8 Å². The molecule has 0 aliphatic heterocycles. The van der Waals surface area contributed by atoms with Gasteiger partial charge in [0.25, 0.3) is 0 Å². The van der Waals surface area contributed by atoms with Crippen molar-refractivity contribution in [1.29, 1.82) is 0 Å². The zero-order chi connectivity index (χ0) is 19.6. The van der Waals surface area contributed by atoms with Crippen LogP contribution in [0.15, 0.2) is 65.0 Å². The first kappa shape index (κ1) is 23.2. The number of aliphatic imine (C=N–C) groups is 1. The normalized spacial score (nSPS) is 10.9. The maximum Gasteiger partial charge on any atom is 0.191 e. The second-order valence-corrected chi connectivity index (χ2v) is 7.40. The molecule has 1 aromatic heterocycles. The summed E-state index contributed by atoms with van der Waals surface area (Å²) in [7, 11) is 1.78. The van der Waals surface area contributed by atoms with Gasteiger partial charge >= 0.3 is 0 Å². The average molecular weight is 522 g/mol. The van der Waals surface area contributed by atoms with Crippen molar-refractivity contribution in [3.63, 3.8) is 0 Å². The molecule has 0 fully saturated rings. The first-order valence-electron chi connectivity index (χ1n) is 9.35. The van der Waals surface area contributed by atoms with Gasteiger partial charge in [-0.25, -0.2) is 4.98 Å². The predicted octanol–water partition coefficient (Wildman–Crippen LogP) is 4.56. The average Bonchev–Trinajstić information content (AvgIpc) is 3.15. The van der Waals surface area contributed by atoms with Crippen LogP contribution in [-0.2, 0) is 19.6 Å². The number of aryl methyl sites for hydroxylation is 1. The lowest BCUT2D eigenvalue weighted by atomic mass is 10.2. The third-order valence-electron chi connectivity index (χ3n) is 4.22. The third-order valence-corrected chi connectivity index (χ3v) is 5.04. The van der Waals surface area contributed by atoms with Crippen molar-refractivity contribution in [2.45, 2.75) is 26.5 Å². The van der Waals surface area contributed by atoms with E-state index in [0.717, 1.165) is 46.5 Å². The second kappa shape index (κ2) is 12.4. The maximum atomic E-state index is 6.02. The van der Waals surface area contributed by atoms with E-state index in [-0.39, 0.29) is 24.0 Å². The molecule has 2 N–H and O–H groups in total. The molecule has 0 unspecified atom stereocenters. The molecular weight excluding hydrogens is 495 g/mol. The molecule has 0 atom stereocenters. The number of nitrogens with one attached hydrogen (secondary N) is 2. The monoisotopic (exact) mass is 522 g/mol. The molecule has 154 valence electrons. The van der Waals surface area contributed by atoms with E-state index >= 15 is 0 Å². The van der Waals surface area contributed by atoms with Crippen LogP contribution in [0, 0.1) is 6.92 Å². The van der Waals surface area contributed by atoms with Crippen molar-refractivity contribution in [3.05, 3.63) is 81.8 Å². The molecule has 1 heterocycles. The minimum atomic E-state index is 0. The summed E-state index contributed by atoms with van der Waals surface area (Å²) in [6.45, 7) is 4.01. The summed E-state index contributed by atoms with van der Waals surface area (Å²) in [5.41, 5.74) is 3.36. The lowest BCUT2D eigenvalue weighted by Crippen LogP contribution is -2.37. The van der Waals surface area contributed by atoms with Gasteiger partial charge in [-0.2, -0.15) is 0 Å². The fourth-order valence-electron chi connectivity index (χ4n) is 2.76. The highest BCUT2D eigenvalue weighted by Gasteiger charge is 2.06. The van der Waals surface area contributed by atoms with Gasteiger partial charge in [0.15, 0.2) is 5.96 Å². The summed E-state index contributed by atoms with van der Waals surface area (Å²) < 4.78 is 6.02. The second-order valence-electron chi connectivity index (χ2n) is 6.34. The van der Waals surface area contributed by atoms with Gasteiger partial charge in [-0.15, -0.1) is 35.3 Å². The quantitative estimate of drug-likeness (QED) is 0.259. The Hall–Kier alpha value is -2.13. The van der Waals surface area contributed by atoms with Crippen molar-refractivity contribution in [3.8, 4) is 5.75 Å². The standard InChI is InChI=1S/C22H26N4OS.HI/c1-17-26-20(16-28-17)12-13-24-22(23-2)25-14-19-10-6-7-11-21(19)27-15-18-8-4-3-5-9-18;/h3-11,16H,12-15H2,1-2H3,(H2,23,24,25);1H. The highest BCUT2D eigenvalue weighted by atomic mass is 127. The van der Waals surface area contributed by atoms with Gasteiger partial charge < -0.3 is 15.4 Å². The van der Waals surface area contributed by atoms with Crippen molar-refractivity contribution in [2.75, 3.05) is 13.6 Å². The fourth-order valence-corrected chi connectivity index (χ4v) is 3.40. The third kappa shape index (κ3) is 7.66. The predicted molar refractivity (Wildman–Crippen MR) is 131 cm³/mol. The first-order valence-corrected chi connectivity index (χ1v) is 10.2. The number of rotatable bonds is 8. The smallest absolute Gasteiger partial charge is 0.191 e. The molecule has 3 aromatic rings. The number of aromatic nitrogens is 1. The van der Waals surface area contributed by atoms with Gasteiger partial charge in [0.2, 0.25) is 0 Å². The molecule has 0 saturated heterocycles. The fraction of sp³-hybridized carbons (Fsp3) is 0.273. The summed E-state index contributed by atoms with van der Waals surface area (Å²) >= 11 is 1.68. The Labute approximate surface area is 193 Å². The van der Waals surface area contributed by atoms with Crippen LogP contribution < -0.4 is 15.4 Å². The number of halogens is 1. The molecule has 0 aliphatic rings. The molecule has 0 amide bonds. The van der Waals surface area contributed by atoms with Crippen molar-refractivity contribution in [2.24, 2.45) is 4.99 Å². The van der Waals surface area contributed by atoms with Gasteiger partial charge in [-0.1, -0.05) is 48.5 Å². The minimum absolute atomic E-state index is 0. The number of para-hydroxylation sites is 1. The van der Waals surface area contributed by atoms with Gasteiger partial charge in [0.1, 0.15) is 12.4 Å². The summed E-state index contributed by atoms with van der Waals surface area (Å²) in [5.74, 6) is 1.65. The lowest BCUT2D eigenvalue weighted by molar-refractivity contribution is 0.302. The van der Waals surface area contributed by atoms with Crippen LogP contribution in [0.3, 0.4) is 0 Å². The zero-order valence-electron chi connectivity index (χ0n) is 16.7. The molecular formula is C22H27IN4OS. The van der Waals surface area contributed by atoms with Crippen LogP contribution in [-0.4, -0.2) is 24.5 Å². The van der Waals surface area contributed by atoms with E-state index in [0.29, 0.717) is 13.2 Å². The van der Waals surface area contributed by atoms with Crippen LogP contribution >= 0.6 is 35.3 Å². The van der Waals surface area contributed by atoms with E-state index in [4.69, 9.17) is 4.74 Å². The number of benzene rings is 2. The van der Waals surface area contributed by atoms with Crippen LogP contribution in [0.4, 0.5) is 0 Å². The highest BCUT2D eigenvalue weighted by molar-refractivity contribution is 14.0. The summed E-state index contributed by atoms with van der Waals surface area (Å²) in [5, 5.41) is 9.90.